The highest BCUT2D eigenvalue weighted by atomic mass is 35.5. The van der Waals surface area contributed by atoms with Gasteiger partial charge in [-0.3, -0.25) is 4.90 Å². The molecule has 164 valence electrons. The molecule has 7 nitrogen and oxygen atoms in total. The van der Waals surface area contributed by atoms with Gasteiger partial charge in [-0.1, -0.05) is 41.9 Å². The Hall–Kier alpha value is -3.90. The van der Waals surface area contributed by atoms with Gasteiger partial charge in [-0.05, 0) is 17.7 Å². The molecule has 0 bridgehead atoms. The summed E-state index contributed by atoms with van der Waals surface area (Å²) in [7, 11) is 2.09. The summed E-state index contributed by atoms with van der Waals surface area (Å²) in [5, 5.41) is 9.63. The molecule has 32 heavy (non-hydrogen) atoms. The van der Waals surface area contributed by atoms with Crippen molar-refractivity contribution in [2.45, 2.75) is 5.92 Å². The number of methoxy groups -OCH3 is 2. The first kappa shape index (κ1) is 22.8. The van der Waals surface area contributed by atoms with E-state index in [1.165, 1.54) is 0 Å². The third kappa shape index (κ3) is 3.76. The topological polar surface area (TPSA) is 106 Å². The fraction of sp³-hybridized carbons (Fsp3) is 0.136. The smallest absolute Gasteiger partial charge is 0.355 e. The Kier molecular flexibility index (Phi) is 6.46. The second kappa shape index (κ2) is 9.08. The zero-order valence-electron chi connectivity index (χ0n) is 16.9. The van der Waals surface area contributed by atoms with Crippen molar-refractivity contribution in [2.24, 2.45) is 5.73 Å². The minimum Gasteiger partial charge on any atom is -0.466 e. The van der Waals surface area contributed by atoms with Gasteiger partial charge in [0.15, 0.2) is 11.6 Å². The Bertz CT molecular complexity index is 1180. The highest BCUT2D eigenvalue weighted by Crippen LogP contribution is 2.44. The molecule has 0 aromatic heterocycles. The lowest BCUT2D eigenvalue weighted by Gasteiger charge is -2.36. The summed E-state index contributed by atoms with van der Waals surface area (Å²) < 4.78 is 39.3. The molecule has 0 saturated heterocycles. The van der Waals surface area contributed by atoms with Crippen LogP contribution in [0.2, 0.25) is 5.02 Å². The van der Waals surface area contributed by atoms with E-state index in [2.05, 4.69) is 0 Å². The molecule has 2 aromatic carbocycles. The molecule has 0 spiro atoms. The molecular weight excluding hydrogens is 444 g/mol. The van der Waals surface area contributed by atoms with Gasteiger partial charge in [0.25, 0.3) is 0 Å². The zero-order valence-corrected chi connectivity index (χ0v) is 17.6. The molecule has 1 heterocycles. The number of halogens is 3. The minimum absolute atomic E-state index is 0.224. The molecule has 1 aliphatic heterocycles. The van der Waals surface area contributed by atoms with E-state index in [9.17, 15) is 23.6 Å². The number of hydrogen-bond donors (Lipinski definition) is 1. The first-order valence-corrected chi connectivity index (χ1v) is 9.44. The van der Waals surface area contributed by atoms with Gasteiger partial charge >= 0.3 is 11.9 Å². The number of ether oxygens (including phenoxy) is 2. The van der Waals surface area contributed by atoms with E-state index in [0.29, 0.717) is 10.5 Å². The molecule has 0 fully saturated rings. The molecule has 0 saturated carbocycles. The molecule has 2 aromatic rings. The van der Waals surface area contributed by atoms with E-state index in [-0.39, 0.29) is 16.2 Å². The van der Waals surface area contributed by atoms with Crippen molar-refractivity contribution >= 4 is 29.2 Å². The van der Waals surface area contributed by atoms with Gasteiger partial charge in [0.05, 0.1) is 37.4 Å². The van der Waals surface area contributed by atoms with Crippen LogP contribution in [-0.2, 0) is 19.1 Å². The number of anilines is 1. The molecule has 0 amide bonds. The Balaban J connectivity index is 2.48. The Morgan fingerprint density at radius 1 is 1.09 bits per heavy atom. The van der Waals surface area contributed by atoms with Gasteiger partial charge in [-0.2, -0.15) is 5.26 Å². The van der Waals surface area contributed by atoms with E-state index < -0.39 is 46.7 Å². The van der Waals surface area contributed by atoms with Gasteiger partial charge in [0.2, 0.25) is 0 Å². The molecule has 1 unspecified atom stereocenters. The average Bonchev–Trinajstić information content (AvgIpc) is 2.78. The quantitative estimate of drug-likeness (QED) is 0.697. The minimum atomic E-state index is -1.18. The molecule has 1 atom stereocenters. The van der Waals surface area contributed by atoms with Crippen LogP contribution in [0.15, 0.2) is 65.1 Å². The number of nitriles is 1. The second-order valence-corrected chi connectivity index (χ2v) is 6.99. The number of nitrogens with two attached hydrogens (primary N) is 1. The predicted octanol–water partition coefficient (Wildman–Crippen LogP) is 3.52. The number of nitrogens with zero attached hydrogens (tertiary/aromatic N) is 2. The standard InChI is InChI=1S/C22H16ClF2N3O4/c1-31-21(29)17-16(11-6-4-3-5-7-11)13(10-26)20(27)28(19(17)22(30)32-2)18-14(24)8-12(23)9-15(18)25/h3-9,16H,27H2,1-2H3. The Labute approximate surface area is 186 Å². The first-order valence-electron chi connectivity index (χ1n) is 9.06. The van der Waals surface area contributed by atoms with Crippen molar-refractivity contribution in [2.75, 3.05) is 19.1 Å². The van der Waals surface area contributed by atoms with E-state index in [1.807, 2.05) is 6.07 Å². The summed E-state index contributed by atoms with van der Waals surface area (Å²) >= 11 is 5.71. The molecule has 1 aliphatic rings. The van der Waals surface area contributed by atoms with Crippen molar-refractivity contribution < 1.29 is 27.8 Å². The molecule has 3 rings (SSSR count). The summed E-state index contributed by atoms with van der Waals surface area (Å²) in [6, 6.07) is 11.7. The third-order valence-corrected chi connectivity index (χ3v) is 5.03. The van der Waals surface area contributed by atoms with Crippen LogP contribution in [0.5, 0.6) is 0 Å². The van der Waals surface area contributed by atoms with E-state index in [0.717, 1.165) is 26.4 Å². The lowest BCUT2D eigenvalue weighted by Crippen LogP contribution is -2.41. The first-order chi connectivity index (χ1) is 15.3. The van der Waals surface area contributed by atoms with Crippen LogP contribution in [0.4, 0.5) is 14.5 Å². The Morgan fingerprint density at radius 3 is 2.16 bits per heavy atom. The monoisotopic (exact) mass is 459 g/mol. The Morgan fingerprint density at radius 2 is 1.66 bits per heavy atom. The summed E-state index contributed by atoms with van der Waals surface area (Å²) in [5.74, 6) is -6.12. The van der Waals surface area contributed by atoms with Crippen LogP contribution >= 0.6 is 11.6 Å². The van der Waals surface area contributed by atoms with Gasteiger partial charge in [-0.25, -0.2) is 18.4 Å². The molecule has 10 heteroatoms. The number of carbonyl (C=O) groups is 2. The number of carbonyl (C=O) groups excluding carboxylic acids is 2. The van der Waals surface area contributed by atoms with E-state index in [1.54, 1.807) is 30.3 Å². The summed E-state index contributed by atoms with van der Waals surface area (Å²) in [6.45, 7) is 0. The fourth-order valence-electron chi connectivity index (χ4n) is 3.49. The summed E-state index contributed by atoms with van der Waals surface area (Å²) in [4.78, 5) is 26.3. The van der Waals surface area contributed by atoms with E-state index >= 15 is 0 Å². The van der Waals surface area contributed by atoms with Crippen molar-refractivity contribution in [1.29, 1.82) is 5.26 Å². The van der Waals surface area contributed by atoms with Crippen LogP contribution < -0.4 is 10.6 Å². The number of esters is 2. The van der Waals surface area contributed by atoms with Gasteiger partial charge in [0, 0.05) is 5.02 Å². The molecular formula is C22H16ClF2N3O4. The van der Waals surface area contributed by atoms with Crippen LogP contribution in [0.3, 0.4) is 0 Å². The van der Waals surface area contributed by atoms with Gasteiger partial charge in [0.1, 0.15) is 17.2 Å². The highest BCUT2D eigenvalue weighted by Gasteiger charge is 2.44. The SMILES string of the molecule is COC(=O)C1=C(C(=O)OC)N(c2c(F)cc(Cl)cc2F)C(N)=C(C#N)C1c1ccccc1. The van der Waals surface area contributed by atoms with Crippen molar-refractivity contribution in [3.8, 4) is 6.07 Å². The lowest BCUT2D eigenvalue weighted by atomic mass is 9.81. The van der Waals surface area contributed by atoms with Crippen molar-refractivity contribution in [1.82, 2.24) is 0 Å². The average molecular weight is 460 g/mol. The number of allylic oxidation sites excluding steroid dienone is 1. The third-order valence-electron chi connectivity index (χ3n) is 4.82. The maximum Gasteiger partial charge on any atom is 0.355 e. The van der Waals surface area contributed by atoms with Gasteiger partial charge in [-0.15, -0.1) is 0 Å². The lowest BCUT2D eigenvalue weighted by molar-refractivity contribution is -0.139. The molecule has 0 radical (unpaired) electrons. The predicted molar refractivity (Wildman–Crippen MR) is 111 cm³/mol. The van der Waals surface area contributed by atoms with Crippen molar-refractivity contribution in [3.05, 3.63) is 87.3 Å². The zero-order chi connectivity index (χ0) is 23.6. The van der Waals surface area contributed by atoms with Crippen molar-refractivity contribution in [3.63, 3.8) is 0 Å². The molecule has 0 aliphatic carbocycles. The van der Waals surface area contributed by atoms with Crippen LogP contribution in [0.25, 0.3) is 0 Å². The van der Waals surface area contributed by atoms with Crippen LogP contribution in [0.1, 0.15) is 11.5 Å². The number of rotatable bonds is 4. The van der Waals surface area contributed by atoms with E-state index in [4.69, 9.17) is 26.8 Å². The normalized spacial score (nSPS) is 16.0. The largest absolute Gasteiger partial charge is 0.466 e. The van der Waals surface area contributed by atoms with Crippen LogP contribution in [0, 0.1) is 23.0 Å². The highest BCUT2D eigenvalue weighted by molar-refractivity contribution is 6.30. The second-order valence-electron chi connectivity index (χ2n) is 6.55. The van der Waals surface area contributed by atoms with Crippen LogP contribution in [-0.4, -0.2) is 26.2 Å². The fourth-order valence-corrected chi connectivity index (χ4v) is 3.69. The molecule has 2 N–H and O–H groups in total. The maximum absolute atomic E-state index is 14.9. The summed E-state index contributed by atoms with van der Waals surface area (Å²) in [5.41, 5.74) is 4.60. The number of benzene rings is 2. The van der Waals surface area contributed by atoms with Gasteiger partial charge < -0.3 is 15.2 Å². The maximum atomic E-state index is 14.9. The summed E-state index contributed by atoms with van der Waals surface area (Å²) in [6.07, 6.45) is 0. The number of hydrogen-bond acceptors (Lipinski definition) is 7.